The van der Waals surface area contributed by atoms with Gasteiger partial charge in [0.05, 0.1) is 19.3 Å². The second-order valence-electron chi connectivity index (χ2n) is 7.89. The van der Waals surface area contributed by atoms with E-state index in [0.717, 1.165) is 18.9 Å². The van der Waals surface area contributed by atoms with E-state index in [-0.39, 0.29) is 23.4 Å². The van der Waals surface area contributed by atoms with E-state index in [9.17, 15) is 13.6 Å². The van der Waals surface area contributed by atoms with Gasteiger partial charge in [0.15, 0.2) is 0 Å². The summed E-state index contributed by atoms with van der Waals surface area (Å²) < 4.78 is 32.9. The molecule has 31 heavy (non-hydrogen) atoms. The molecular formula is C22H22F2N4O3. The molecule has 9 heteroatoms. The molecule has 1 amide bonds. The Morgan fingerprint density at radius 3 is 2.58 bits per heavy atom. The first kappa shape index (κ1) is 21.1. The summed E-state index contributed by atoms with van der Waals surface area (Å²) in [5, 5.41) is 10.2. The van der Waals surface area contributed by atoms with Gasteiger partial charge >= 0.3 is 0 Å². The van der Waals surface area contributed by atoms with Crippen LogP contribution in [0.2, 0.25) is 0 Å². The van der Waals surface area contributed by atoms with Crippen LogP contribution in [0.3, 0.4) is 0 Å². The lowest BCUT2D eigenvalue weighted by atomic mass is 9.81. The second kappa shape index (κ2) is 9.35. The highest BCUT2D eigenvalue weighted by molar-refractivity contribution is 5.78. The maximum absolute atomic E-state index is 13.6. The highest BCUT2D eigenvalue weighted by Gasteiger charge is 2.37. The predicted octanol–water partition coefficient (Wildman–Crippen LogP) is 3.72. The number of aromatic nitrogens is 2. The van der Waals surface area contributed by atoms with E-state index in [4.69, 9.17) is 14.8 Å². The van der Waals surface area contributed by atoms with Gasteiger partial charge in [-0.3, -0.25) is 9.63 Å². The summed E-state index contributed by atoms with van der Waals surface area (Å²) in [6.45, 7) is 0.787. The molecule has 2 heterocycles. The van der Waals surface area contributed by atoms with Crippen molar-refractivity contribution in [3.8, 4) is 11.9 Å². The Labute approximate surface area is 178 Å². The smallest absolute Gasteiger partial charge is 0.249 e. The average molecular weight is 428 g/mol. The van der Waals surface area contributed by atoms with Crippen molar-refractivity contribution < 1.29 is 23.1 Å². The topological polar surface area (TPSA) is 88.3 Å². The van der Waals surface area contributed by atoms with E-state index in [1.165, 1.54) is 29.6 Å². The molecule has 2 fully saturated rings. The summed E-state index contributed by atoms with van der Waals surface area (Å²) >= 11 is 0. The molecule has 2 aromatic rings. The number of amides is 1. The predicted molar refractivity (Wildman–Crippen MR) is 104 cm³/mol. The van der Waals surface area contributed by atoms with Crippen LogP contribution in [0.25, 0.3) is 0 Å². The van der Waals surface area contributed by atoms with Gasteiger partial charge in [-0.2, -0.15) is 5.26 Å². The van der Waals surface area contributed by atoms with Crippen LogP contribution in [-0.2, 0) is 9.63 Å². The largest absolute Gasteiger partial charge is 0.477 e. The van der Waals surface area contributed by atoms with Crippen molar-refractivity contribution in [2.24, 2.45) is 11.8 Å². The Morgan fingerprint density at radius 2 is 1.87 bits per heavy atom. The number of carbonyl (C=O) groups excluding carboxylic acids is 1. The number of hydrogen-bond donors (Lipinski definition) is 0. The highest BCUT2D eigenvalue weighted by atomic mass is 19.1. The Morgan fingerprint density at radius 1 is 1.13 bits per heavy atom. The summed E-state index contributed by atoms with van der Waals surface area (Å²) in [5.74, 6) is -1.03. The monoisotopic (exact) mass is 428 g/mol. The van der Waals surface area contributed by atoms with E-state index in [1.807, 2.05) is 6.07 Å². The average Bonchev–Trinajstić information content (AvgIpc) is 3.27. The van der Waals surface area contributed by atoms with Gasteiger partial charge in [0.2, 0.25) is 11.8 Å². The minimum atomic E-state index is -0.666. The van der Waals surface area contributed by atoms with E-state index >= 15 is 0 Å². The molecule has 0 spiro atoms. The fourth-order valence-electron chi connectivity index (χ4n) is 4.20. The van der Waals surface area contributed by atoms with Crippen LogP contribution in [0, 0.1) is 34.8 Å². The quantitative estimate of drug-likeness (QED) is 0.721. The fraction of sp³-hybridized carbons (Fsp3) is 0.455. The molecule has 0 N–H and O–H groups in total. The van der Waals surface area contributed by atoms with Crippen molar-refractivity contribution >= 4 is 5.91 Å². The molecule has 162 valence electrons. The molecule has 0 unspecified atom stereocenters. The lowest BCUT2D eigenvalue weighted by Gasteiger charge is -2.31. The molecule has 0 bridgehead atoms. The van der Waals surface area contributed by atoms with Gasteiger partial charge in [0, 0.05) is 24.5 Å². The SMILES string of the molecule is N#Cc1cc(OC[C@H]2CC[C@H](C(=O)N3OCC[C@H]3c3cc(F)cc(F)c3)CC2)ncn1. The molecule has 7 nitrogen and oxygen atoms in total. The van der Waals surface area contributed by atoms with Crippen LogP contribution >= 0.6 is 0 Å². The van der Waals surface area contributed by atoms with E-state index in [2.05, 4.69) is 9.97 Å². The molecular weight excluding hydrogens is 406 g/mol. The third-order valence-electron chi connectivity index (χ3n) is 5.81. The number of hydroxylamine groups is 2. The van der Waals surface area contributed by atoms with E-state index in [1.54, 1.807) is 0 Å². The van der Waals surface area contributed by atoms with Crippen molar-refractivity contribution in [2.45, 2.75) is 38.1 Å². The minimum absolute atomic E-state index is 0.138. The zero-order valence-corrected chi connectivity index (χ0v) is 16.8. The molecule has 1 saturated heterocycles. The van der Waals surface area contributed by atoms with Crippen LogP contribution in [-0.4, -0.2) is 34.2 Å². The third-order valence-corrected chi connectivity index (χ3v) is 5.81. The van der Waals surface area contributed by atoms with Crippen molar-refractivity contribution in [3.63, 3.8) is 0 Å². The lowest BCUT2D eigenvalue weighted by molar-refractivity contribution is -0.183. The third kappa shape index (κ3) is 4.97. The second-order valence-corrected chi connectivity index (χ2v) is 7.89. The Hall–Kier alpha value is -3.12. The van der Waals surface area contributed by atoms with Gasteiger partial charge in [-0.25, -0.2) is 23.8 Å². The molecule has 1 aliphatic carbocycles. The van der Waals surface area contributed by atoms with Gasteiger partial charge < -0.3 is 4.74 Å². The van der Waals surface area contributed by atoms with Crippen molar-refractivity contribution in [1.82, 2.24) is 15.0 Å². The van der Waals surface area contributed by atoms with Crippen molar-refractivity contribution in [2.75, 3.05) is 13.2 Å². The number of carbonyl (C=O) groups is 1. The Balaban J connectivity index is 1.32. The summed E-state index contributed by atoms with van der Waals surface area (Å²) in [6, 6.07) is 6.28. The van der Waals surface area contributed by atoms with Gasteiger partial charge in [-0.05, 0) is 49.3 Å². The zero-order chi connectivity index (χ0) is 21.8. The minimum Gasteiger partial charge on any atom is -0.477 e. The number of nitriles is 1. The number of ether oxygens (including phenoxy) is 1. The lowest BCUT2D eigenvalue weighted by Crippen LogP contribution is -2.37. The van der Waals surface area contributed by atoms with Crippen molar-refractivity contribution in [1.29, 1.82) is 5.26 Å². The van der Waals surface area contributed by atoms with Gasteiger partial charge in [-0.15, -0.1) is 0 Å². The number of rotatable bonds is 5. The number of nitrogens with zero attached hydrogens (tertiary/aromatic N) is 4. The standard InChI is InChI=1S/C22H22F2N4O3/c23-17-7-16(8-18(24)9-17)20-5-6-31-28(20)22(29)15-3-1-14(2-4-15)12-30-21-10-19(11-25)26-13-27-21/h7-10,13-15,20H,1-6,12H2/t14-,15-,20-/m0/s1. The van der Waals surface area contributed by atoms with Gasteiger partial charge in [-0.1, -0.05) is 0 Å². The van der Waals surface area contributed by atoms with Crippen LogP contribution in [0.4, 0.5) is 8.78 Å². The molecule has 0 radical (unpaired) electrons. The first-order valence-electron chi connectivity index (χ1n) is 10.3. The Kier molecular flexibility index (Phi) is 6.37. The van der Waals surface area contributed by atoms with Crippen LogP contribution < -0.4 is 4.74 Å². The maximum atomic E-state index is 13.6. The molecule has 1 atom stereocenters. The molecule has 4 rings (SSSR count). The molecule has 2 aliphatic rings. The summed E-state index contributed by atoms with van der Waals surface area (Å²) in [5.41, 5.74) is 0.657. The number of halogens is 2. The first-order chi connectivity index (χ1) is 15.0. The maximum Gasteiger partial charge on any atom is 0.249 e. The number of hydrogen-bond acceptors (Lipinski definition) is 6. The first-order valence-corrected chi connectivity index (χ1v) is 10.3. The fourth-order valence-corrected chi connectivity index (χ4v) is 4.20. The highest BCUT2D eigenvalue weighted by Crippen LogP contribution is 2.36. The summed E-state index contributed by atoms with van der Waals surface area (Å²) in [6.07, 6.45) is 4.77. The van der Waals surface area contributed by atoms with E-state index < -0.39 is 17.7 Å². The number of benzene rings is 1. The van der Waals surface area contributed by atoms with Crippen LogP contribution in [0.5, 0.6) is 5.88 Å². The summed E-state index contributed by atoms with van der Waals surface area (Å²) in [4.78, 5) is 26.4. The molecule has 1 aliphatic heterocycles. The van der Waals surface area contributed by atoms with Crippen LogP contribution in [0.1, 0.15) is 49.4 Å². The molecule has 1 aromatic carbocycles. The van der Waals surface area contributed by atoms with Gasteiger partial charge in [0.1, 0.15) is 29.7 Å². The Bertz CT molecular complexity index is 969. The van der Waals surface area contributed by atoms with E-state index in [0.29, 0.717) is 43.9 Å². The van der Waals surface area contributed by atoms with Gasteiger partial charge in [0.25, 0.3) is 0 Å². The molecule has 1 aromatic heterocycles. The zero-order valence-electron chi connectivity index (χ0n) is 16.8. The normalized spacial score (nSPS) is 23.4. The summed E-state index contributed by atoms with van der Waals surface area (Å²) in [7, 11) is 0. The van der Waals surface area contributed by atoms with Crippen molar-refractivity contribution in [3.05, 3.63) is 53.5 Å². The molecule has 1 saturated carbocycles. The van der Waals surface area contributed by atoms with Crippen LogP contribution in [0.15, 0.2) is 30.6 Å².